The lowest BCUT2D eigenvalue weighted by Crippen LogP contribution is -2.48. The van der Waals surface area contributed by atoms with Gasteiger partial charge in [0.2, 0.25) is 0 Å². The average Bonchev–Trinajstić information content (AvgIpc) is 3.52. The van der Waals surface area contributed by atoms with Crippen molar-refractivity contribution in [1.82, 2.24) is 24.3 Å². The van der Waals surface area contributed by atoms with Gasteiger partial charge in [0.05, 0.1) is 11.9 Å². The molecule has 0 bridgehead atoms. The second-order valence-electron chi connectivity index (χ2n) is 9.34. The Morgan fingerprint density at radius 3 is 2.57 bits per heavy atom. The first-order valence-electron chi connectivity index (χ1n) is 12.1. The van der Waals surface area contributed by atoms with E-state index in [2.05, 4.69) is 63.2 Å². The summed E-state index contributed by atoms with van der Waals surface area (Å²) in [4.78, 5) is 17.1. The van der Waals surface area contributed by atoms with Crippen LogP contribution < -0.4 is 10.2 Å². The number of aromatic amines is 1. The Hall–Kier alpha value is -4.04. The number of aromatic nitrogens is 4. The van der Waals surface area contributed by atoms with Crippen LogP contribution in [0.25, 0.3) is 27.7 Å². The summed E-state index contributed by atoms with van der Waals surface area (Å²) in [6.07, 6.45) is 7.38. The number of piperazine rings is 1. The van der Waals surface area contributed by atoms with Crippen LogP contribution in [0.2, 0.25) is 0 Å². The average molecular weight is 468 g/mol. The summed E-state index contributed by atoms with van der Waals surface area (Å²) in [5.41, 5.74) is 4.92. The van der Waals surface area contributed by atoms with Gasteiger partial charge in [0.1, 0.15) is 0 Å². The Bertz CT molecular complexity index is 1480. The molecule has 0 saturated carbocycles. The monoisotopic (exact) mass is 467 g/mol. The van der Waals surface area contributed by atoms with Crippen molar-refractivity contribution in [2.75, 3.05) is 36.4 Å². The third kappa shape index (κ3) is 3.95. The summed E-state index contributed by atoms with van der Waals surface area (Å²) in [7, 11) is 0. The molecule has 0 unspecified atom stereocenters. The maximum atomic E-state index is 9.91. The number of nitrogens with zero attached hydrogens (tertiary/aromatic N) is 5. The predicted molar refractivity (Wildman–Crippen MR) is 141 cm³/mol. The molecule has 4 heterocycles. The van der Waals surface area contributed by atoms with Gasteiger partial charge in [-0.25, -0.2) is 9.97 Å². The zero-order valence-corrected chi connectivity index (χ0v) is 19.9. The Labute approximate surface area is 203 Å². The minimum absolute atomic E-state index is 0.181. The van der Waals surface area contributed by atoms with Crippen LogP contribution in [0.3, 0.4) is 0 Å². The number of H-pyrrole nitrogens is 1. The molecule has 3 aromatic heterocycles. The Morgan fingerprint density at radius 2 is 1.80 bits per heavy atom. The van der Waals surface area contributed by atoms with Gasteiger partial charge >= 0.3 is 0 Å². The molecular formula is C27H29N7O. The van der Waals surface area contributed by atoms with Crippen molar-refractivity contribution in [1.29, 1.82) is 0 Å². The van der Waals surface area contributed by atoms with Crippen LogP contribution in [0.4, 0.5) is 17.2 Å². The first-order chi connectivity index (χ1) is 17.1. The number of anilines is 3. The fourth-order valence-electron chi connectivity index (χ4n) is 4.89. The van der Waals surface area contributed by atoms with Gasteiger partial charge in [0.15, 0.2) is 17.3 Å². The lowest BCUT2D eigenvalue weighted by Gasteiger charge is -2.38. The molecule has 8 nitrogen and oxygen atoms in total. The molecule has 1 saturated heterocycles. The van der Waals surface area contributed by atoms with E-state index in [1.807, 2.05) is 35.0 Å². The van der Waals surface area contributed by atoms with Crippen molar-refractivity contribution in [2.45, 2.75) is 19.9 Å². The Kier molecular flexibility index (Phi) is 5.30. The van der Waals surface area contributed by atoms with Crippen molar-refractivity contribution in [3.05, 3.63) is 67.3 Å². The van der Waals surface area contributed by atoms with Crippen molar-refractivity contribution in [2.24, 2.45) is 0 Å². The molecule has 3 N–H and O–H groups in total. The van der Waals surface area contributed by atoms with E-state index < -0.39 is 0 Å². The van der Waals surface area contributed by atoms with Gasteiger partial charge in [-0.05, 0) is 50.2 Å². The van der Waals surface area contributed by atoms with E-state index >= 15 is 0 Å². The van der Waals surface area contributed by atoms with E-state index in [4.69, 9.17) is 4.98 Å². The fourth-order valence-corrected chi connectivity index (χ4v) is 4.89. The molecule has 6 rings (SSSR count). The SMILES string of the molecule is CC(C)N1CCN(c2ccc(Nc3ncc(-c4ccc5c(O)[nH]cc5c4)n4ccnc34)cc2)CC1. The van der Waals surface area contributed by atoms with Gasteiger partial charge in [-0.15, -0.1) is 0 Å². The van der Waals surface area contributed by atoms with Crippen molar-refractivity contribution >= 4 is 33.6 Å². The molecule has 35 heavy (non-hydrogen) atoms. The second kappa shape index (κ2) is 8.63. The second-order valence-corrected chi connectivity index (χ2v) is 9.34. The lowest BCUT2D eigenvalue weighted by atomic mass is 10.1. The number of rotatable bonds is 5. The van der Waals surface area contributed by atoms with E-state index in [0.717, 1.165) is 59.5 Å². The van der Waals surface area contributed by atoms with E-state index in [1.54, 1.807) is 12.4 Å². The molecule has 0 radical (unpaired) electrons. The van der Waals surface area contributed by atoms with Crippen LogP contribution in [0.5, 0.6) is 5.88 Å². The topological polar surface area (TPSA) is 84.7 Å². The highest BCUT2D eigenvalue weighted by atomic mass is 16.3. The molecule has 1 fully saturated rings. The van der Waals surface area contributed by atoms with Crippen LogP contribution in [0.1, 0.15) is 13.8 Å². The largest absolute Gasteiger partial charge is 0.494 e. The van der Waals surface area contributed by atoms with Gasteiger partial charge in [0.25, 0.3) is 0 Å². The van der Waals surface area contributed by atoms with Crippen LogP contribution in [0, 0.1) is 0 Å². The molecule has 0 atom stereocenters. The first-order valence-corrected chi connectivity index (χ1v) is 12.1. The normalized spacial score (nSPS) is 14.9. The van der Waals surface area contributed by atoms with Crippen LogP contribution in [-0.2, 0) is 0 Å². The summed E-state index contributed by atoms with van der Waals surface area (Å²) in [6, 6.07) is 15.1. The van der Waals surface area contributed by atoms with Gasteiger partial charge in [0, 0.05) is 78.5 Å². The van der Waals surface area contributed by atoms with E-state index in [0.29, 0.717) is 11.9 Å². The minimum atomic E-state index is 0.181. The number of nitrogens with one attached hydrogen (secondary N) is 2. The van der Waals surface area contributed by atoms with Crippen molar-refractivity contribution in [3.8, 4) is 17.1 Å². The summed E-state index contributed by atoms with van der Waals surface area (Å²) in [5, 5.41) is 15.1. The number of aromatic hydroxyl groups is 1. The maximum absolute atomic E-state index is 9.91. The molecule has 0 amide bonds. The van der Waals surface area contributed by atoms with Crippen LogP contribution in [0.15, 0.2) is 67.3 Å². The molecule has 0 aliphatic carbocycles. The van der Waals surface area contributed by atoms with E-state index in [1.165, 1.54) is 5.69 Å². The van der Waals surface area contributed by atoms with Crippen molar-refractivity contribution in [3.63, 3.8) is 0 Å². The zero-order chi connectivity index (χ0) is 23.9. The Morgan fingerprint density at radius 1 is 1.00 bits per heavy atom. The molecule has 5 aromatic rings. The highest BCUT2D eigenvalue weighted by Crippen LogP contribution is 2.31. The minimum Gasteiger partial charge on any atom is -0.494 e. The summed E-state index contributed by atoms with van der Waals surface area (Å²) in [5.74, 6) is 0.887. The highest BCUT2D eigenvalue weighted by molar-refractivity contribution is 5.91. The fraction of sp³-hybridized carbons (Fsp3) is 0.259. The molecule has 2 aromatic carbocycles. The molecule has 0 spiro atoms. The summed E-state index contributed by atoms with van der Waals surface area (Å²) in [6.45, 7) is 8.83. The Balaban J connectivity index is 1.23. The van der Waals surface area contributed by atoms with E-state index in [9.17, 15) is 5.11 Å². The van der Waals surface area contributed by atoms with Crippen LogP contribution >= 0.6 is 0 Å². The quantitative estimate of drug-likeness (QED) is 0.342. The molecule has 1 aliphatic rings. The number of fused-ring (bicyclic) bond motifs is 2. The molecule has 1 aliphatic heterocycles. The summed E-state index contributed by atoms with van der Waals surface area (Å²) < 4.78 is 2.03. The maximum Gasteiger partial charge on any atom is 0.196 e. The predicted octanol–water partition coefficient (Wildman–Crippen LogP) is 4.86. The molecule has 178 valence electrons. The van der Waals surface area contributed by atoms with Gasteiger partial charge in [-0.3, -0.25) is 9.30 Å². The van der Waals surface area contributed by atoms with Gasteiger partial charge < -0.3 is 20.3 Å². The third-order valence-corrected chi connectivity index (χ3v) is 6.93. The highest BCUT2D eigenvalue weighted by Gasteiger charge is 2.19. The number of benzene rings is 2. The van der Waals surface area contributed by atoms with Gasteiger partial charge in [-0.2, -0.15) is 0 Å². The number of hydrogen-bond acceptors (Lipinski definition) is 6. The van der Waals surface area contributed by atoms with Crippen molar-refractivity contribution < 1.29 is 5.11 Å². The first kappa shape index (κ1) is 21.5. The molecular weight excluding hydrogens is 438 g/mol. The summed E-state index contributed by atoms with van der Waals surface area (Å²) >= 11 is 0. The molecule has 8 heteroatoms. The van der Waals surface area contributed by atoms with Gasteiger partial charge in [-0.1, -0.05) is 6.07 Å². The lowest BCUT2D eigenvalue weighted by molar-refractivity contribution is 0.209. The number of imidazole rings is 1. The smallest absolute Gasteiger partial charge is 0.196 e. The standard InChI is InChI=1S/C27H29N7O/c1-18(2)32-11-13-33(14-12-32)22-6-4-21(5-7-22)31-25-26-28-9-10-34(26)24(17-29-25)19-3-8-23-20(15-19)16-30-27(23)35/h3-10,15-18,30,35H,11-14H2,1-2H3,(H,29,31). The van der Waals surface area contributed by atoms with E-state index in [-0.39, 0.29) is 5.88 Å². The third-order valence-electron chi connectivity index (χ3n) is 6.93. The number of hydrogen-bond donors (Lipinski definition) is 3. The zero-order valence-electron chi connectivity index (χ0n) is 19.9. The van der Waals surface area contributed by atoms with Crippen LogP contribution in [-0.4, -0.2) is 61.6 Å².